The zero-order valence-corrected chi connectivity index (χ0v) is 14.2. The van der Waals surface area contributed by atoms with Crippen molar-refractivity contribution in [3.8, 4) is 0 Å². The Labute approximate surface area is 134 Å². The Morgan fingerprint density at radius 2 is 2.00 bits per heavy atom. The molecule has 1 aromatic heterocycles. The van der Waals surface area contributed by atoms with Gasteiger partial charge in [0.15, 0.2) is 0 Å². The maximum Gasteiger partial charge on any atom is 0.0426 e. The van der Waals surface area contributed by atoms with Gasteiger partial charge >= 0.3 is 0 Å². The topological polar surface area (TPSA) is 12.0 Å². The summed E-state index contributed by atoms with van der Waals surface area (Å²) in [5, 5.41) is 6.63. The smallest absolute Gasteiger partial charge is 0.0426 e. The number of thioether (sulfide) groups is 1. The van der Waals surface area contributed by atoms with E-state index in [0.29, 0.717) is 6.04 Å². The molecule has 0 fully saturated rings. The zero-order valence-electron chi connectivity index (χ0n) is 11.9. The first-order chi connectivity index (χ1) is 9.70. The average Bonchev–Trinajstić information content (AvgIpc) is 2.87. The Hall–Kier alpha value is -0.480. The van der Waals surface area contributed by atoms with Gasteiger partial charge in [0.1, 0.15) is 0 Å². The van der Waals surface area contributed by atoms with Gasteiger partial charge in [0.25, 0.3) is 0 Å². The first kappa shape index (κ1) is 15.9. The molecule has 4 heteroatoms. The van der Waals surface area contributed by atoms with Crippen molar-refractivity contribution < 1.29 is 0 Å². The highest BCUT2D eigenvalue weighted by Gasteiger charge is 2.14. The second-order valence-corrected chi connectivity index (χ2v) is 7.35. The molecule has 1 atom stereocenters. The van der Waals surface area contributed by atoms with Crippen LogP contribution in [0.1, 0.15) is 29.8 Å². The van der Waals surface area contributed by atoms with Crippen LogP contribution < -0.4 is 5.32 Å². The van der Waals surface area contributed by atoms with Gasteiger partial charge in [-0.05, 0) is 61.2 Å². The fraction of sp³-hybridized carbons (Fsp3) is 0.375. The molecule has 1 unspecified atom stereocenters. The van der Waals surface area contributed by atoms with Crippen LogP contribution in [0.15, 0.2) is 40.6 Å². The summed E-state index contributed by atoms with van der Waals surface area (Å²) in [5.41, 5.74) is 1.44. The van der Waals surface area contributed by atoms with Crippen LogP contribution >= 0.6 is 34.7 Å². The molecule has 0 aliphatic heterocycles. The molecule has 1 nitrogen and oxygen atoms in total. The Morgan fingerprint density at radius 3 is 2.60 bits per heavy atom. The van der Waals surface area contributed by atoms with Gasteiger partial charge in [0, 0.05) is 26.6 Å². The number of thiophene rings is 1. The number of hydrogen-bond acceptors (Lipinski definition) is 3. The molecule has 0 saturated carbocycles. The molecule has 0 aliphatic carbocycles. The van der Waals surface area contributed by atoms with Gasteiger partial charge in [0.2, 0.25) is 0 Å². The highest BCUT2D eigenvalue weighted by Crippen LogP contribution is 2.29. The van der Waals surface area contributed by atoms with Crippen molar-refractivity contribution in [2.75, 3.05) is 12.3 Å². The van der Waals surface area contributed by atoms with E-state index in [-0.39, 0.29) is 0 Å². The summed E-state index contributed by atoms with van der Waals surface area (Å²) in [6, 6.07) is 10.7. The van der Waals surface area contributed by atoms with Crippen LogP contribution in [-0.4, -0.2) is 12.3 Å². The summed E-state index contributed by atoms with van der Waals surface area (Å²) in [5.74, 6) is 1.04. The van der Waals surface area contributed by atoms with Crippen molar-refractivity contribution in [2.45, 2.75) is 31.2 Å². The van der Waals surface area contributed by atoms with Crippen LogP contribution in [0.5, 0.6) is 0 Å². The van der Waals surface area contributed by atoms with Crippen LogP contribution in [0.4, 0.5) is 0 Å². The minimum absolute atomic E-state index is 0.418. The Kier molecular flexibility index (Phi) is 6.43. The lowest BCUT2D eigenvalue weighted by Crippen LogP contribution is -2.24. The number of rotatable bonds is 7. The Morgan fingerprint density at radius 1 is 1.25 bits per heavy atom. The SMILES string of the molecule is CCCNC(CSc1ccc(Cl)cc1)c1ccsc1C. The molecular formula is C16H20ClNS2. The van der Waals surface area contributed by atoms with Crippen molar-refractivity contribution in [2.24, 2.45) is 0 Å². The van der Waals surface area contributed by atoms with Crippen molar-refractivity contribution >= 4 is 34.7 Å². The van der Waals surface area contributed by atoms with Crippen LogP contribution in [-0.2, 0) is 0 Å². The summed E-state index contributed by atoms with van der Waals surface area (Å²) in [7, 11) is 0. The standard InChI is InChI=1S/C16H20ClNS2/c1-3-9-18-16(15-8-10-19-12(15)2)11-20-14-6-4-13(17)5-7-14/h4-8,10,16,18H,3,9,11H2,1-2H3. The maximum atomic E-state index is 5.92. The first-order valence-electron chi connectivity index (χ1n) is 6.86. The van der Waals surface area contributed by atoms with Gasteiger partial charge in [-0.15, -0.1) is 23.1 Å². The van der Waals surface area contributed by atoms with E-state index in [1.54, 1.807) is 0 Å². The number of halogens is 1. The van der Waals surface area contributed by atoms with E-state index in [4.69, 9.17) is 11.6 Å². The highest BCUT2D eigenvalue weighted by atomic mass is 35.5. The lowest BCUT2D eigenvalue weighted by Gasteiger charge is -2.18. The fourth-order valence-corrected chi connectivity index (χ4v) is 3.92. The van der Waals surface area contributed by atoms with Crippen molar-refractivity contribution in [1.29, 1.82) is 0 Å². The van der Waals surface area contributed by atoms with Crippen molar-refractivity contribution in [3.63, 3.8) is 0 Å². The van der Waals surface area contributed by atoms with E-state index in [2.05, 4.69) is 42.7 Å². The molecular weight excluding hydrogens is 306 g/mol. The summed E-state index contributed by atoms with van der Waals surface area (Å²) < 4.78 is 0. The monoisotopic (exact) mass is 325 g/mol. The second-order valence-electron chi connectivity index (χ2n) is 4.70. The minimum Gasteiger partial charge on any atom is -0.309 e. The third kappa shape index (κ3) is 4.52. The molecule has 1 N–H and O–H groups in total. The molecule has 0 saturated heterocycles. The average molecular weight is 326 g/mol. The Bertz CT molecular complexity index is 522. The quantitative estimate of drug-likeness (QED) is 0.670. The zero-order chi connectivity index (χ0) is 14.4. The molecule has 108 valence electrons. The largest absolute Gasteiger partial charge is 0.309 e. The summed E-state index contributed by atoms with van der Waals surface area (Å²) in [6.07, 6.45) is 1.16. The number of nitrogens with one attached hydrogen (secondary N) is 1. The molecule has 1 aromatic carbocycles. The van der Waals surface area contributed by atoms with Gasteiger partial charge in [-0.2, -0.15) is 0 Å². The van der Waals surface area contributed by atoms with E-state index < -0.39 is 0 Å². The highest BCUT2D eigenvalue weighted by molar-refractivity contribution is 7.99. The maximum absolute atomic E-state index is 5.92. The van der Waals surface area contributed by atoms with E-state index in [9.17, 15) is 0 Å². The van der Waals surface area contributed by atoms with Gasteiger partial charge < -0.3 is 5.32 Å². The van der Waals surface area contributed by atoms with Crippen LogP contribution in [0, 0.1) is 6.92 Å². The summed E-state index contributed by atoms with van der Waals surface area (Å²) in [4.78, 5) is 2.68. The van der Waals surface area contributed by atoms with Crippen molar-refractivity contribution in [3.05, 3.63) is 51.2 Å². The lowest BCUT2D eigenvalue weighted by atomic mass is 10.1. The minimum atomic E-state index is 0.418. The van der Waals surface area contributed by atoms with Gasteiger partial charge in [-0.1, -0.05) is 18.5 Å². The molecule has 0 radical (unpaired) electrons. The molecule has 1 heterocycles. The third-order valence-corrected chi connectivity index (χ3v) is 5.36. The molecule has 0 amide bonds. The van der Waals surface area contributed by atoms with Crippen LogP contribution in [0.2, 0.25) is 5.02 Å². The van der Waals surface area contributed by atoms with Gasteiger partial charge in [0.05, 0.1) is 0 Å². The molecule has 2 rings (SSSR count). The van der Waals surface area contributed by atoms with E-state index in [1.807, 2.05) is 35.2 Å². The Balaban J connectivity index is 2.01. The molecule has 2 aromatic rings. The molecule has 0 spiro atoms. The third-order valence-electron chi connectivity index (χ3n) is 3.15. The van der Waals surface area contributed by atoms with Gasteiger partial charge in [-0.3, -0.25) is 0 Å². The summed E-state index contributed by atoms with van der Waals surface area (Å²) in [6.45, 7) is 5.46. The van der Waals surface area contributed by atoms with E-state index >= 15 is 0 Å². The normalized spacial score (nSPS) is 12.6. The predicted molar refractivity (Wildman–Crippen MR) is 92.3 cm³/mol. The van der Waals surface area contributed by atoms with Crippen LogP contribution in [0.3, 0.4) is 0 Å². The fourth-order valence-electron chi connectivity index (χ4n) is 2.04. The number of benzene rings is 1. The predicted octanol–water partition coefficient (Wildman–Crippen LogP) is 5.54. The number of hydrogen-bond donors (Lipinski definition) is 1. The molecule has 0 aliphatic rings. The van der Waals surface area contributed by atoms with E-state index in [1.165, 1.54) is 15.3 Å². The van der Waals surface area contributed by atoms with Gasteiger partial charge in [-0.25, -0.2) is 0 Å². The lowest BCUT2D eigenvalue weighted by molar-refractivity contribution is 0.577. The molecule has 0 bridgehead atoms. The van der Waals surface area contributed by atoms with Crippen LogP contribution in [0.25, 0.3) is 0 Å². The second kappa shape index (κ2) is 8.08. The van der Waals surface area contributed by atoms with E-state index in [0.717, 1.165) is 23.7 Å². The van der Waals surface area contributed by atoms with Crippen molar-refractivity contribution in [1.82, 2.24) is 5.32 Å². The number of aryl methyl sites for hydroxylation is 1. The first-order valence-corrected chi connectivity index (χ1v) is 9.10. The summed E-state index contributed by atoms with van der Waals surface area (Å²) >= 11 is 9.63. The molecule has 20 heavy (non-hydrogen) atoms.